The monoisotopic (exact) mass is 313 g/mol. The minimum Gasteiger partial charge on any atom is -0.312 e. The molecule has 1 heterocycles. The van der Waals surface area contributed by atoms with Gasteiger partial charge in [-0.05, 0) is 28.8 Å². The zero-order valence-corrected chi connectivity index (χ0v) is 12.2. The predicted molar refractivity (Wildman–Crippen MR) is 75.7 cm³/mol. The van der Waals surface area contributed by atoms with Crippen molar-refractivity contribution in [1.82, 2.24) is 14.9 Å². The Morgan fingerprint density at radius 1 is 1.33 bits per heavy atom. The van der Waals surface area contributed by atoms with Gasteiger partial charge in [0.1, 0.15) is 4.47 Å². The fourth-order valence-electron chi connectivity index (χ4n) is 2.46. The number of rotatable bonds is 4. The van der Waals surface area contributed by atoms with Crippen molar-refractivity contribution in [2.75, 3.05) is 6.54 Å². The van der Waals surface area contributed by atoms with Crippen LogP contribution in [0, 0.1) is 0 Å². The molecular formula is C13H20BrN3O. The number of halogens is 1. The lowest BCUT2D eigenvalue weighted by atomic mass is 10.1. The molecule has 1 saturated carbocycles. The minimum absolute atomic E-state index is 0.00679. The lowest BCUT2D eigenvalue weighted by molar-refractivity contribution is 0.441. The van der Waals surface area contributed by atoms with Gasteiger partial charge in [-0.2, -0.15) is 0 Å². The van der Waals surface area contributed by atoms with Crippen LogP contribution in [0.15, 0.2) is 21.8 Å². The Balaban J connectivity index is 1.81. The van der Waals surface area contributed by atoms with Gasteiger partial charge < -0.3 is 5.32 Å². The maximum absolute atomic E-state index is 11.8. The molecule has 100 valence electrons. The number of nitrogens with zero attached hydrogens (tertiary/aromatic N) is 2. The predicted octanol–water partition coefficient (Wildman–Crippen LogP) is 2.32. The van der Waals surface area contributed by atoms with Gasteiger partial charge in [0.15, 0.2) is 0 Å². The quantitative estimate of drug-likeness (QED) is 0.868. The second-order valence-corrected chi connectivity index (χ2v) is 5.74. The van der Waals surface area contributed by atoms with Crippen LogP contribution < -0.4 is 10.9 Å². The average Bonchev–Trinajstić information content (AvgIpc) is 2.63. The van der Waals surface area contributed by atoms with E-state index in [9.17, 15) is 4.79 Å². The molecule has 0 spiro atoms. The Kier molecular flexibility index (Phi) is 5.38. The summed E-state index contributed by atoms with van der Waals surface area (Å²) >= 11 is 3.21. The van der Waals surface area contributed by atoms with E-state index in [-0.39, 0.29) is 5.56 Å². The highest BCUT2D eigenvalue weighted by atomic mass is 79.9. The molecule has 1 fully saturated rings. The third-order valence-corrected chi connectivity index (χ3v) is 4.04. The molecule has 0 radical (unpaired) electrons. The molecule has 0 aliphatic heterocycles. The van der Waals surface area contributed by atoms with Crippen LogP contribution in [0.5, 0.6) is 0 Å². The number of nitrogens with one attached hydrogen (secondary N) is 1. The molecule has 0 amide bonds. The van der Waals surface area contributed by atoms with E-state index in [2.05, 4.69) is 26.2 Å². The molecule has 4 nitrogen and oxygen atoms in total. The highest BCUT2D eigenvalue weighted by molar-refractivity contribution is 9.10. The molecule has 0 saturated heterocycles. The Bertz CT molecular complexity index is 424. The van der Waals surface area contributed by atoms with E-state index in [1.165, 1.54) is 44.7 Å². The van der Waals surface area contributed by atoms with E-state index >= 15 is 0 Å². The van der Waals surface area contributed by atoms with Crippen molar-refractivity contribution in [3.8, 4) is 0 Å². The molecule has 0 aromatic carbocycles. The van der Waals surface area contributed by atoms with E-state index in [0.717, 1.165) is 6.54 Å². The summed E-state index contributed by atoms with van der Waals surface area (Å²) in [6.45, 7) is 1.52. The van der Waals surface area contributed by atoms with E-state index in [4.69, 9.17) is 0 Å². The summed E-state index contributed by atoms with van der Waals surface area (Å²) in [5.41, 5.74) is -0.00679. The van der Waals surface area contributed by atoms with Crippen molar-refractivity contribution in [2.45, 2.75) is 51.1 Å². The van der Waals surface area contributed by atoms with E-state index in [1.54, 1.807) is 10.9 Å². The summed E-state index contributed by atoms with van der Waals surface area (Å²) in [4.78, 5) is 15.8. The number of hydrogen-bond donors (Lipinski definition) is 1. The third-order valence-electron chi connectivity index (χ3n) is 3.50. The van der Waals surface area contributed by atoms with Crippen LogP contribution in [-0.4, -0.2) is 22.1 Å². The van der Waals surface area contributed by atoms with E-state index < -0.39 is 0 Å². The van der Waals surface area contributed by atoms with Crippen LogP contribution in [0.4, 0.5) is 0 Å². The fourth-order valence-corrected chi connectivity index (χ4v) is 2.80. The second kappa shape index (κ2) is 7.04. The van der Waals surface area contributed by atoms with Crippen LogP contribution in [-0.2, 0) is 6.54 Å². The lowest BCUT2D eigenvalue weighted by Crippen LogP contribution is -2.33. The van der Waals surface area contributed by atoms with Gasteiger partial charge in [0.2, 0.25) is 0 Å². The summed E-state index contributed by atoms with van der Waals surface area (Å²) in [6, 6.07) is 0.628. The zero-order chi connectivity index (χ0) is 12.8. The lowest BCUT2D eigenvalue weighted by Gasteiger charge is -2.16. The Labute approximate surface area is 116 Å². The highest BCUT2D eigenvalue weighted by Gasteiger charge is 2.11. The minimum atomic E-state index is -0.00679. The van der Waals surface area contributed by atoms with Gasteiger partial charge in [-0.1, -0.05) is 25.7 Å². The van der Waals surface area contributed by atoms with E-state index in [1.807, 2.05) is 0 Å². The fraction of sp³-hybridized carbons (Fsp3) is 0.692. The molecule has 18 heavy (non-hydrogen) atoms. The Morgan fingerprint density at radius 3 is 2.78 bits per heavy atom. The Hall–Kier alpha value is -0.680. The molecule has 2 rings (SSSR count). The normalized spacial score (nSPS) is 17.6. The molecule has 1 aliphatic carbocycles. The Morgan fingerprint density at radius 2 is 2.06 bits per heavy atom. The van der Waals surface area contributed by atoms with Gasteiger partial charge in [0, 0.05) is 25.3 Å². The maximum Gasteiger partial charge on any atom is 0.267 e. The molecule has 1 N–H and O–H groups in total. The van der Waals surface area contributed by atoms with Crippen LogP contribution in [0.2, 0.25) is 0 Å². The molecule has 0 atom stereocenters. The van der Waals surface area contributed by atoms with Crippen molar-refractivity contribution in [2.24, 2.45) is 0 Å². The van der Waals surface area contributed by atoms with Crippen molar-refractivity contribution in [3.63, 3.8) is 0 Å². The summed E-state index contributed by atoms with van der Waals surface area (Å²) < 4.78 is 2.17. The summed E-state index contributed by atoms with van der Waals surface area (Å²) in [6.07, 6.45) is 11.1. The standard InChI is InChI=1S/C13H20BrN3O/c14-12-9-15-10-17(13(12)18)8-7-16-11-5-3-1-2-4-6-11/h9-11,16H,1-8H2. The number of aromatic nitrogens is 2. The van der Waals surface area contributed by atoms with Crippen LogP contribution in [0.25, 0.3) is 0 Å². The SMILES string of the molecule is O=c1c(Br)cncn1CCNC1CCCCCC1. The molecule has 5 heteroatoms. The third kappa shape index (κ3) is 3.92. The van der Waals surface area contributed by atoms with Crippen LogP contribution in [0.1, 0.15) is 38.5 Å². The first-order valence-electron chi connectivity index (χ1n) is 6.70. The molecule has 1 aromatic heterocycles. The average molecular weight is 314 g/mol. The summed E-state index contributed by atoms with van der Waals surface area (Å²) in [5.74, 6) is 0. The van der Waals surface area contributed by atoms with Gasteiger partial charge in [-0.25, -0.2) is 4.98 Å². The smallest absolute Gasteiger partial charge is 0.267 e. The largest absolute Gasteiger partial charge is 0.312 e. The highest BCUT2D eigenvalue weighted by Crippen LogP contribution is 2.16. The van der Waals surface area contributed by atoms with Crippen molar-refractivity contribution < 1.29 is 0 Å². The summed E-state index contributed by atoms with van der Waals surface area (Å²) in [5, 5.41) is 3.55. The zero-order valence-electron chi connectivity index (χ0n) is 10.6. The molecule has 0 unspecified atom stereocenters. The van der Waals surface area contributed by atoms with Crippen molar-refractivity contribution in [3.05, 3.63) is 27.4 Å². The topological polar surface area (TPSA) is 46.9 Å². The first-order chi connectivity index (χ1) is 8.77. The number of hydrogen-bond acceptors (Lipinski definition) is 3. The first-order valence-corrected chi connectivity index (χ1v) is 7.50. The molecule has 1 aromatic rings. The van der Waals surface area contributed by atoms with Gasteiger partial charge in [-0.15, -0.1) is 0 Å². The van der Waals surface area contributed by atoms with E-state index in [0.29, 0.717) is 17.1 Å². The maximum atomic E-state index is 11.8. The van der Waals surface area contributed by atoms with Gasteiger partial charge in [-0.3, -0.25) is 9.36 Å². The second-order valence-electron chi connectivity index (χ2n) is 4.88. The summed E-state index contributed by atoms with van der Waals surface area (Å²) in [7, 11) is 0. The van der Waals surface area contributed by atoms with Gasteiger partial charge >= 0.3 is 0 Å². The van der Waals surface area contributed by atoms with Crippen molar-refractivity contribution >= 4 is 15.9 Å². The van der Waals surface area contributed by atoms with Gasteiger partial charge in [0.25, 0.3) is 5.56 Å². The molecule has 1 aliphatic rings. The first kappa shape index (κ1) is 13.7. The van der Waals surface area contributed by atoms with Gasteiger partial charge in [0.05, 0.1) is 6.33 Å². The molecule has 0 bridgehead atoms. The van der Waals surface area contributed by atoms with Crippen molar-refractivity contribution in [1.29, 1.82) is 0 Å². The van der Waals surface area contributed by atoms with Crippen LogP contribution in [0.3, 0.4) is 0 Å². The van der Waals surface area contributed by atoms with Crippen LogP contribution >= 0.6 is 15.9 Å². The molecular weight excluding hydrogens is 294 g/mol.